The van der Waals surface area contributed by atoms with Crippen LogP contribution in [0.25, 0.3) is 0 Å². The highest BCUT2D eigenvalue weighted by Crippen LogP contribution is 2.24. The summed E-state index contributed by atoms with van der Waals surface area (Å²) in [4.78, 5) is 25.4. The lowest BCUT2D eigenvalue weighted by atomic mass is 10.00. The quantitative estimate of drug-likeness (QED) is 0.0201. The van der Waals surface area contributed by atoms with Gasteiger partial charge in [-0.25, -0.2) is 0 Å². The summed E-state index contributed by atoms with van der Waals surface area (Å²) >= 11 is 0. The van der Waals surface area contributed by atoms with Gasteiger partial charge in [-0.1, -0.05) is 144 Å². The van der Waals surface area contributed by atoms with Crippen LogP contribution in [0.2, 0.25) is 0 Å². The molecule has 13 heteroatoms. The van der Waals surface area contributed by atoms with Crippen LogP contribution in [0.3, 0.4) is 0 Å². The molecule has 12 nitrogen and oxygen atoms in total. The van der Waals surface area contributed by atoms with Gasteiger partial charge in [-0.05, 0) is 83.5 Å². The summed E-state index contributed by atoms with van der Waals surface area (Å²) < 4.78 is 54.1. The maximum absolute atomic E-state index is 12.8. The molecule has 0 amide bonds. The Bertz CT molecular complexity index is 1460. The summed E-state index contributed by atoms with van der Waals surface area (Å²) in [6, 6.07) is 0. The molecule has 0 aromatic carbocycles. The fraction of sp³-hybridized carbons (Fsp3) is 0.673. The highest BCUT2D eigenvalue weighted by Gasteiger charge is 2.46. The number of rotatable bonds is 37. The molecule has 354 valence electrons. The van der Waals surface area contributed by atoms with Gasteiger partial charge in [-0.15, -0.1) is 0 Å². The first-order valence-electron chi connectivity index (χ1n) is 23.1. The lowest BCUT2D eigenvalue weighted by Gasteiger charge is -2.40. The molecule has 0 radical (unpaired) electrons. The molecule has 0 aliphatic carbocycles. The standard InChI is InChI=1S/C49H80O12S/c1-3-5-7-9-11-13-15-17-19-21-23-25-27-29-31-33-35-37-44(50)58-39-42(40-59-49-48(54)47(53)46(52)43(61-49)41-62(55,56)57)60-45(51)38-36-34-32-30-28-26-24-22-20-18-16-14-12-10-8-6-4-2/h5-8,11-14,17-20,24,26,42-43,46-49,52-54H,3-4,9-10,15-16,21-23,25,27-41H2,1-2H3,(H,55,56,57)/b7-5-,8-6-,13-11-,14-12-,19-17-,20-18-,26-24-. The van der Waals surface area contributed by atoms with Gasteiger partial charge in [0.15, 0.2) is 12.4 Å². The van der Waals surface area contributed by atoms with Gasteiger partial charge in [0.25, 0.3) is 10.1 Å². The molecule has 1 aliphatic rings. The Kier molecular flexibility index (Phi) is 35.1. The molecule has 1 fully saturated rings. The first-order chi connectivity index (χ1) is 30.0. The van der Waals surface area contributed by atoms with Crippen LogP contribution in [0.15, 0.2) is 85.1 Å². The summed E-state index contributed by atoms with van der Waals surface area (Å²) in [5, 5.41) is 30.9. The number of aliphatic hydroxyl groups excluding tert-OH is 3. The smallest absolute Gasteiger partial charge is 0.306 e. The molecule has 0 spiro atoms. The Labute approximate surface area is 373 Å². The average Bonchev–Trinajstić information content (AvgIpc) is 3.24. The number of esters is 2. The van der Waals surface area contributed by atoms with Gasteiger partial charge < -0.3 is 34.3 Å². The maximum Gasteiger partial charge on any atom is 0.306 e. The minimum Gasteiger partial charge on any atom is -0.462 e. The van der Waals surface area contributed by atoms with Crippen molar-refractivity contribution in [1.82, 2.24) is 0 Å². The van der Waals surface area contributed by atoms with E-state index in [1.165, 1.54) is 6.42 Å². The van der Waals surface area contributed by atoms with Crippen molar-refractivity contribution >= 4 is 22.1 Å². The van der Waals surface area contributed by atoms with E-state index in [4.69, 9.17) is 18.9 Å². The summed E-state index contributed by atoms with van der Waals surface area (Å²) in [5.41, 5.74) is 0. The fourth-order valence-electron chi connectivity index (χ4n) is 6.45. The highest BCUT2D eigenvalue weighted by molar-refractivity contribution is 7.85. The molecule has 0 saturated carbocycles. The van der Waals surface area contributed by atoms with Gasteiger partial charge in [0.2, 0.25) is 0 Å². The second-order valence-electron chi connectivity index (χ2n) is 15.7. The van der Waals surface area contributed by atoms with Crippen molar-refractivity contribution in [1.29, 1.82) is 0 Å². The van der Waals surface area contributed by atoms with E-state index in [0.717, 1.165) is 109 Å². The summed E-state index contributed by atoms with van der Waals surface area (Å²) in [6.45, 7) is 3.50. The van der Waals surface area contributed by atoms with Crippen LogP contribution >= 0.6 is 0 Å². The van der Waals surface area contributed by atoms with Gasteiger partial charge in [0.1, 0.15) is 36.8 Å². The lowest BCUT2D eigenvalue weighted by molar-refractivity contribution is -0.297. The van der Waals surface area contributed by atoms with Crippen molar-refractivity contribution in [2.75, 3.05) is 19.0 Å². The third kappa shape index (κ3) is 32.5. The SMILES string of the molecule is CC/C=C\C/C=C\C/C=C\C/C=C\CCCCCCC(=O)OC(COC(=O)CCCCCCCCC/C=C\C/C=C\C/C=C\CC)COC1OC(CS(=O)(=O)O)C(O)C(O)C1O. The normalized spacial score (nSPS) is 20.6. The topological polar surface area (TPSA) is 186 Å². The molecule has 6 atom stereocenters. The molecule has 6 unspecified atom stereocenters. The summed E-state index contributed by atoms with van der Waals surface area (Å²) in [7, 11) is -4.61. The Morgan fingerprint density at radius 2 is 0.968 bits per heavy atom. The zero-order valence-electron chi connectivity index (χ0n) is 37.7. The van der Waals surface area contributed by atoms with Crippen LogP contribution in [-0.4, -0.2) is 96.0 Å². The number of unbranched alkanes of at least 4 members (excludes halogenated alkanes) is 11. The van der Waals surface area contributed by atoms with E-state index in [1.807, 2.05) is 0 Å². The number of allylic oxidation sites excluding steroid dienone is 14. The third-order valence-electron chi connectivity index (χ3n) is 9.97. The predicted octanol–water partition coefficient (Wildman–Crippen LogP) is 9.67. The number of carbonyl (C=O) groups is 2. The highest BCUT2D eigenvalue weighted by atomic mass is 32.2. The Morgan fingerprint density at radius 1 is 0.548 bits per heavy atom. The number of hydrogen-bond donors (Lipinski definition) is 4. The van der Waals surface area contributed by atoms with Crippen LogP contribution in [0.4, 0.5) is 0 Å². The van der Waals surface area contributed by atoms with E-state index in [9.17, 15) is 37.9 Å². The second kappa shape index (κ2) is 38.3. The van der Waals surface area contributed by atoms with Crippen LogP contribution in [0.1, 0.15) is 155 Å². The molecule has 1 aliphatic heterocycles. The Morgan fingerprint density at radius 3 is 1.44 bits per heavy atom. The zero-order valence-corrected chi connectivity index (χ0v) is 38.5. The van der Waals surface area contributed by atoms with E-state index in [1.54, 1.807) is 0 Å². The number of carbonyl (C=O) groups excluding carboxylic acids is 2. The molecule has 0 aromatic rings. The first kappa shape index (κ1) is 56.8. The molecule has 4 N–H and O–H groups in total. The zero-order chi connectivity index (χ0) is 45.5. The number of aliphatic hydroxyl groups is 3. The van der Waals surface area contributed by atoms with Crippen LogP contribution < -0.4 is 0 Å². The lowest BCUT2D eigenvalue weighted by Crippen LogP contribution is -2.60. The van der Waals surface area contributed by atoms with Gasteiger partial charge in [-0.2, -0.15) is 8.42 Å². The van der Waals surface area contributed by atoms with Crippen molar-refractivity contribution in [3.63, 3.8) is 0 Å². The van der Waals surface area contributed by atoms with Gasteiger partial charge in [0, 0.05) is 12.8 Å². The average molecular weight is 893 g/mol. The predicted molar refractivity (Wildman–Crippen MR) is 247 cm³/mol. The Hall–Kier alpha value is -3.17. The largest absolute Gasteiger partial charge is 0.462 e. The number of hydrogen-bond acceptors (Lipinski definition) is 11. The fourth-order valence-corrected chi connectivity index (χ4v) is 7.14. The van der Waals surface area contributed by atoms with E-state index < -0.39 is 71.2 Å². The molecule has 0 aromatic heterocycles. The van der Waals surface area contributed by atoms with Crippen molar-refractivity contribution in [3.8, 4) is 0 Å². The molecule has 1 saturated heterocycles. The molecule has 0 bridgehead atoms. The molecule has 62 heavy (non-hydrogen) atoms. The summed E-state index contributed by atoms with van der Waals surface area (Å²) in [5.74, 6) is -2.04. The first-order valence-corrected chi connectivity index (χ1v) is 24.8. The van der Waals surface area contributed by atoms with Crippen molar-refractivity contribution in [2.45, 2.75) is 192 Å². The minimum atomic E-state index is -4.61. The molecular weight excluding hydrogens is 813 g/mol. The van der Waals surface area contributed by atoms with Gasteiger partial charge >= 0.3 is 11.9 Å². The van der Waals surface area contributed by atoms with Gasteiger partial charge in [0.05, 0.1) is 6.61 Å². The van der Waals surface area contributed by atoms with Crippen molar-refractivity contribution < 1.29 is 56.8 Å². The van der Waals surface area contributed by atoms with Gasteiger partial charge in [-0.3, -0.25) is 14.1 Å². The second-order valence-corrected chi connectivity index (χ2v) is 17.1. The van der Waals surface area contributed by atoms with Crippen LogP contribution in [0.5, 0.6) is 0 Å². The molecule has 1 rings (SSSR count). The third-order valence-corrected chi connectivity index (χ3v) is 10.7. The molecular formula is C49H80O12S. The van der Waals surface area contributed by atoms with E-state index >= 15 is 0 Å². The van der Waals surface area contributed by atoms with E-state index in [0.29, 0.717) is 12.8 Å². The van der Waals surface area contributed by atoms with Crippen LogP contribution in [0, 0.1) is 0 Å². The van der Waals surface area contributed by atoms with E-state index in [-0.39, 0.29) is 19.4 Å². The van der Waals surface area contributed by atoms with Crippen molar-refractivity contribution in [2.24, 2.45) is 0 Å². The Balaban J connectivity index is 2.46. The summed E-state index contributed by atoms with van der Waals surface area (Å²) in [6.07, 6.45) is 40.5. The van der Waals surface area contributed by atoms with Crippen LogP contribution in [-0.2, 0) is 38.7 Å². The maximum atomic E-state index is 12.8. The van der Waals surface area contributed by atoms with E-state index in [2.05, 4.69) is 98.9 Å². The molecule has 1 heterocycles. The number of ether oxygens (including phenoxy) is 4. The minimum absolute atomic E-state index is 0.129. The van der Waals surface area contributed by atoms with Crippen molar-refractivity contribution in [3.05, 3.63) is 85.1 Å². The monoisotopic (exact) mass is 893 g/mol.